The van der Waals surface area contributed by atoms with E-state index < -0.39 is 0 Å². The SMILES string of the molecule is c1ccc(Cc2noc(C3CNCCO3)n2)nc1. The minimum Gasteiger partial charge on any atom is -0.366 e. The Morgan fingerprint density at radius 1 is 1.39 bits per heavy atom. The molecule has 6 heteroatoms. The van der Waals surface area contributed by atoms with Crippen LogP contribution < -0.4 is 5.32 Å². The van der Waals surface area contributed by atoms with E-state index in [4.69, 9.17) is 9.26 Å². The third kappa shape index (κ3) is 2.55. The van der Waals surface area contributed by atoms with Crippen LogP contribution in [0.2, 0.25) is 0 Å². The van der Waals surface area contributed by atoms with Crippen LogP contribution in [0.15, 0.2) is 28.9 Å². The van der Waals surface area contributed by atoms with Crippen LogP contribution in [0, 0.1) is 0 Å². The van der Waals surface area contributed by atoms with Gasteiger partial charge in [-0.05, 0) is 12.1 Å². The Kier molecular flexibility index (Phi) is 3.29. The van der Waals surface area contributed by atoms with Crippen molar-refractivity contribution < 1.29 is 9.26 Å². The fourth-order valence-corrected chi connectivity index (χ4v) is 1.86. The molecule has 1 aliphatic rings. The van der Waals surface area contributed by atoms with Gasteiger partial charge < -0.3 is 14.6 Å². The van der Waals surface area contributed by atoms with Gasteiger partial charge in [-0.2, -0.15) is 4.98 Å². The Labute approximate surface area is 104 Å². The molecule has 1 atom stereocenters. The molecular weight excluding hydrogens is 232 g/mol. The van der Waals surface area contributed by atoms with Crippen LogP contribution in [0.3, 0.4) is 0 Å². The van der Waals surface area contributed by atoms with Crippen LogP contribution in [0.5, 0.6) is 0 Å². The molecule has 0 bridgehead atoms. The second-order valence-electron chi connectivity index (χ2n) is 4.11. The zero-order chi connectivity index (χ0) is 12.2. The standard InChI is InChI=1S/C12H14N4O2/c1-2-4-14-9(3-1)7-11-15-12(18-16-11)10-8-13-5-6-17-10/h1-4,10,13H,5-8H2. The molecule has 0 radical (unpaired) electrons. The van der Waals surface area contributed by atoms with E-state index in [-0.39, 0.29) is 6.10 Å². The minimum atomic E-state index is -0.135. The predicted octanol–water partition coefficient (Wildman–Crippen LogP) is 0.716. The Balaban J connectivity index is 1.69. The van der Waals surface area contributed by atoms with E-state index in [1.807, 2.05) is 18.2 Å². The zero-order valence-electron chi connectivity index (χ0n) is 9.87. The van der Waals surface area contributed by atoms with Gasteiger partial charge in [0.1, 0.15) is 6.10 Å². The fraction of sp³-hybridized carbons (Fsp3) is 0.417. The average Bonchev–Trinajstić information content (AvgIpc) is 2.89. The summed E-state index contributed by atoms with van der Waals surface area (Å²) < 4.78 is 10.8. The third-order valence-corrected chi connectivity index (χ3v) is 2.75. The first-order valence-electron chi connectivity index (χ1n) is 5.96. The first-order valence-corrected chi connectivity index (χ1v) is 5.96. The molecule has 0 spiro atoms. The highest BCUT2D eigenvalue weighted by atomic mass is 16.5. The van der Waals surface area contributed by atoms with Crippen LogP contribution in [0.25, 0.3) is 0 Å². The number of hydrogen-bond acceptors (Lipinski definition) is 6. The maximum absolute atomic E-state index is 5.55. The normalized spacial score (nSPS) is 19.9. The molecule has 1 saturated heterocycles. The van der Waals surface area contributed by atoms with Gasteiger partial charge in [-0.1, -0.05) is 11.2 Å². The maximum atomic E-state index is 5.55. The molecule has 0 amide bonds. The first-order chi connectivity index (χ1) is 8.92. The zero-order valence-corrected chi connectivity index (χ0v) is 9.87. The molecule has 18 heavy (non-hydrogen) atoms. The molecule has 0 aromatic carbocycles. The smallest absolute Gasteiger partial charge is 0.257 e. The Hall–Kier alpha value is -1.79. The largest absolute Gasteiger partial charge is 0.366 e. The van der Waals surface area contributed by atoms with Crippen LogP contribution in [-0.4, -0.2) is 34.8 Å². The number of morpholine rings is 1. The van der Waals surface area contributed by atoms with Crippen molar-refractivity contribution in [1.29, 1.82) is 0 Å². The van der Waals surface area contributed by atoms with E-state index in [2.05, 4.69) is 20.4 Å². The van der Waals surface area contributed by atoms with Crippen molar-refractivity contribution >= 4 is 0 Å². The molecule has 2 aromatic rings. The quantitative estimate of drug-likeness (QED) is 0.860. The van der Waals surface area contributed by atoms with Crippen LogP contribution in [0.1, 0.15) is 23.5 Å². The molecule has 0 saturated carbocycles. The summed E-state index contributed by atoms with van der Waals surface area (Å²) >= 11 is 0. The van der Waals surface area contributed by atoms with Gasteiger partial charge in [-0.15, -0.1) is 0 Å². The first kappa shape index (κ1) is 11.3. The second kappa shape index (κ2) is 5.24. The maximum Gasteiger partial charge on any atom is 0.257 e. The predicted molar refractivity (Wildman–Crippen MR) is 62.9 cm³/mol. The average molecular weight is 246 g/mol. The summed E-state index contributed by atoms with van der Waals surface area (Å²) in [5.74, 6) is 1.17. The van der Waals surface area contributed by atoms with Crippen LogP contribution in [0.4, 0.5) is 0 Å². The lowest BCUT2D eigenvalue weighted by atomic mass is 10.2. The molecule has 3 rings (SSSR count). The van der Waals surface area contributed by atoms with E-state index in [9.17, 15) is 0 Å². The summed E-state index contributed by atoms with van der Waals surface area (Å²) in [5.41, 5.74) is 0.924. The van der Waals surface area contributed by atoms with Crippen LogP contribution >= 0.6 is 0 Å². The van der Waals surface area contributed by atoms with E-state index in [0.29, 0.717) is 31.3 Å². The fourth-order valence-electron chi connectivity index (χ4n) is 1.86. The van der Waals surface area contributed by atoms with E-state index in [1.54, 1.807) is 6.20 Å². The highest BCUT2D eigenvalue weighted by molar-refractivity contribution is 5.09. The number of ether oxygens (including phenoxy) is 1. The highest BCUT2D eigenvalue weighted by Crippen LogP contribution is 2.17. The number of nitrogens with zero attached hydrogens (tertiary/aromatic N) is 3. The van der Waals surface area contributed by atoms with Gasteiger partial charge in [-0.25, -0.2) is 0 Å². The number of hydrogen-bond donors (Lipinski definition) is 1. The Morgan fingerprint density at radius 3 is 3.17 bits per heavy atom. The van der Waals surface area contributed by atoms with Crippen molar-refractivity contribution in [2.24, 2.45) is 0 Å². The molecule has 1 N–H and O–H groups in total. The summed E-state index contributed by atoms with van der Waals surface area (Å²) in [7, 11) is 0. The number of aromatic nitrogens is 3. The number of pyridine rings is 1. The van der Waals surface area contributed by atoms with Crippen molar-refractivity contribution in [3.05, 3.63) is 41.8 Å². The molecule has 0 aliphatic carbocycles. The highest BCUT2D eigenvalue weighted by Gasteiger charge is 2.22. The van der Waals surface area contributed by atoms with Crippen molar-refractivity contribution in [3.8, 4) is 0 Å². The van der Waals surface area contributed by atoms with E-state index in [0.717, 1.165) is 12.2 Å². The summed E-state index contributed by atoms with van der Waals surface area (Å²) in [6, 6.07) is 5.76. The second-order valence-corrected chi connectivity index (χ2v) is 4.11. The van der Waals surface area contributed by atoms with Gasteiger partial charge in [0.25, 0.3) is 5.89 Å². The van der Waals surface area contributed by atoms with Crippen molar-refractivity contribution in [3.63, 3.8) is 0 Å². The minimum absolute atomic E-state index is 0.135. The van der Waals surface area contributed by atoms with E-state index >= 15 is 0 Å². The number of nitrogens with one attached hydrogen (secondary N) is 1. The molecular formula is C12H14N4O2. The molecule has 6 nitrogen and oxygen atoms in total. The lowest BCUT2D eigenvalue weighted by Crippen LogP contribution is -2.33. The summed E-state index contributed by atoms with van der Waals surface area (Å²) in [6.07, 6.45) is 2.19. The molecule has 1 fully saturated rings. The lowest BCUT2D eigenvalue weighted by molar-refractivity contribution is 0.00755. The molecule has 94 valence electrons. The molecule has 1 aliphatic heterocycles. The number of rotatable bonds is 3. The summed E-state index contributed by atoms with van der Waals surface area (Å²) in [6.45, 7) is 2.25. The van der Waals surface area contributed by atoms with Gasteiger partial charge in [0, 0.05) is 25.0 Å². The lowest BCUT2D eigenvalue weighted by Gasteiger charge is -2.19. The molecule has 1 unspecified atom stereocenters. The van der Waals surface area contributed by atoms with Gasteiger partial charge >= 0.3 is 0 Å². The summed E-state index contributed by atoms with van der Waals surface area (Å²) in [4.78, 5) is 8.58. The third-order valence-electron chi connectivity index (χ3n) is 2.75. The van der Waals surface area contributed by atoms with Crippen molar-refractivity contribution in [2.75, 3.05) is 19.7 Å². The molecule has 2 aromatic heterocycles. The van der Waals surface area contributed by atoms with Gasteiger partial charge in [0.05, 0.1) is 13.0 Å². The Bertz CT molecular complexity index is 494. The van der Waals surface area contributed by atoms with Crippen LogP contribution in [-0.2, 0) is 11.2 Å². The van der Waals surface area contributed by atoms with E-state index in [1.165, 1.54) is 0 Å². The Morgan fingerprint density at radius 2 is 2.39 bits per heavy atom. The van der Waals surface area contributed by atoms with Crippen molar-refractivity contribution in [2.45, 2.75) is 12.5 Å². The monoisotopic (exact) mass is 246 g/mol. The van der Waals surface area contributed by atoms with Gasteiger partial charge in [0.2, 0.25) is 0 Å². The van der Waals surface area contributed by atoms with Gasteiger partial charge in [0.15, 0.2) is 5.82 Å². The van der Waals surface area contributed by atoms with Gasteiger partial charge in [-0.3, -0.25) is 4.98 Å². The molecule has 3 heterocycles. The van der Waals surface area contributed by atoms with Crippen molar-refractivity contribution in [1.82, 2.24) is 20.4 Å². The topological polar surface area (TPSA) is 73.1 Å². The summed E-state index contributed by atoms with van der Waals surface area (Å²) in [5, 5.41) is 7.18.